The molecular formula is C12H14BrNO2. The number of rotatable bonds is 4. The summed E-state index contributed by atoms with van der Waals surface area (Å²) in [7, 11) is 1.42. The van der Waals surface area contributed by atoms with Crippen LogP contribution in [0.4, 0.5) is 0 Å². The van der Waals surface area contributed by atoms with Gasteiger partial charge in [-0.2, -0.15) is 0 Å². The van der Waals surface area contributed by atoms with E-state index in [1.54, 1.807) is 0 Å². The van der Waals surface area contributed by atoms with Gasteiger partial charge in [-0.25, -0.2) is 4.79 Å². The number of carbonyl (C=O) groups excluding carboxylic acids is 1. The van der Waals surface area contributed by atoms with E-state index in [9.17, 15) is 4.79 Å². The number of hydrogen-bond acceptors (Lipinski definition) is 3. The van der Waals surface area contributed by atoms with Crippen molar-refractivity contribution < 1.29 is 9.53 Å². The molecule has 0 bridgehead atoms. The lowest BCUT2D eigenvalue weighted by molar-refractivity contribution is -0.143. The molecule has 2 rings (SSSR count). The van der Waals surface area contributed by atoms with Crippen molar-refractivity contribution in [2.45, 2.75) is 24.9 Å². The maximum atomic E-state index is 11.7. The van der Waals surface area contributed by atoms with Crippen LogP contribution in [0.25, 0.3) is 0 Å². The van der Waals surface area contributed by atoms with Gasteiger partial charge in [-0.1, -0.05) is 28.1 Å². The Morgan fingerprint density at radius 2 is 2.06 bits per heavy atom. The molecule has 1 aliphatic carbocycles. The van der Waals surface area contributed by atoms with Gasteiger partial charge in [0.25, 0.3) is 0 Å². The summed E-state index contributed by atoms with van der Waals surface area (Å²) in [6, 6.07) is 7.85. The maximum absolute atomic E-state index is 11.7. The number of hydrogen-bond donors (Lipinski definition) is 1. The number of nitrogens with one attached hydrogen (secondary N) is 1. The van der Waals surface area contributed by atoms with Gasteiger partial charge < -0.3 is 4.74 Å². The van der Waals surface area contributed by atoms with Gasteiger partial charge in [0.15, 0.2) is 0 Å². The van der Waals surface area contributed by atoms with E-state index in [-0.39, 0.29) is 12.0 Å². The topological polar surface area (TPSA) is 38.3 Å². The lowest BCUT2D eigenvalue weighted by Gasteiger charge is -2.16. The second-order valence-corrected chi connectivity index (χ2v) is 4.86. The van der Waals surface area contributed by atoms with Crippen molar-refractivity contribution in [3.05, 3.63) is 34.3 Å². The van der Waals surface area contributed by atoms with Crippen LogP contribution in [0.1, 0.15) is 24.4 Å². The molecule has 1 aromatic carbocycles. The summed E-state index contributed by atoms with van der Waals surface area (Å²) in [5, 5.41) is 3.29. The fraction of sp³-hybridized carbons (Fsp3) is 0.417. The molecule has 0 aromatic heterocycles. The molecule has 0 radical (unpaired) electrons. The molecule has 1 atom stereocenters. The Bertz CT molecular complexity index is 373. The molecule has 0 aliphatic heterocycles. The van der Waals surface area contributed by atoms with Crippen LogP contribution in [-0.2, 0) is 9.53 Å². The van der Waals surface area contributed by atoms with Crippen molar-refractivity contribution in [3.63, 3.8) is 0 Å². The van der Waals surface area contributed by atoms with E-state index >= 15 is 0 Å². The van der Waals surface area contributed by atoms with Crippen LogP contribution < -0.4 is 5.32 Å². The number of benzene rings is 1. The predicted molar refractivity (Wildman–Crippen MR) is 65.1 cm³/mol. The highest BCUT2D eigenvalue weighted by Crippen LogP contribution is 2.25. The predicted octanol–water partition coefficient (Wildman–Crippen LogP) is 2.42. The number of ether oxygens (including phenoxy) is 1. The molecule has 1 unspecified atom stereocenters. The van der Waals surface area contributed by atoms with Crippen molar-refractivity contribution in [1.82, 2.24) is 5.32 Å². The summed E-state index contributed by atoms with van der Waals surface area (Å²) in [5.74, 6) is -0.228. The second-order valence-electron chi connectivity index (χ2n) is 3.95. The molecule has 0 spiro atoms. The third kappa shape index (κ3) is 2.83. The fourth-order valence-electron chi connectivity index (χ4n) is 1.56. The van der Waals surface area contributed by atoms with E-state index in [0.29, 0.717) is 6.04 Å². The van der Waals surface area contributed by atoms with Crippen LogP contribution in [-0.4, -0.2) is 19.1 Å². The van der Waals surface area contributed by atoms with Crippen LogP contribution in [0, 0.1) is 0 Å². The van der Waals surface area contributed by atoms with E-state index in [1.807, 2.05) is 24.3 Å². The molecule has 0 heterocycles. The van der Waals surface area contributed by atoms with Crippen LogP contribution in [0.5, 0.6) is 0 Å². The molecule has 4 heteroatoms. The minimum absolute atomic E-state index is 0.228. The Balaban J connectivity index is 2.15. The van der Waals surface area contributed by atoms with Gasteiger partial charge in [0.2, 0.25) is 0 Å². The SMILES string of the molecule is COC(=O)C(NC1CC1)c1ccc(Br)cc1. The van der Waals surface area contributed by atoms with Crippen LogP contribution >= 0.6 is 15.9 Å². The largest absolute Gasteiger partial charge is 0.468 e. The van der Waals surface area contributed by atoms with E-state index < -0.39 is 0 Å². The van der Waals surface area contributed by atoms with Gasteiger partial charge in [0.1, 0.15) is 6.04 Å². The van der Waals surface area contributed by atoms with Gasteiger partial charge >= 0.3 is 5.97 Å². The Kier molecular flexibility index (Phi) is 3.61. The summed E-state index contributed by atoms with van der Waals surface area (Å²) in [6.07, 6.45) is 2.29. The zero-order valence-corrected chi connectivity index (χ0v) is 10.7. The quantitative estimate of drug-likeness (QED) is 0.863. The lowest BCUT2D eigenvalue weighted by Crippen LogP contribution is -2.31. The van der Waals surface area contributed by atoms with Crippen molar-refractivity contribution in [2.75, 3.05) is 7.11 Å². The number of esters is 1. The molecule has 1 saturated carbocycles. The van der Waals surface area contributed by atoms with Gasteiger partial charge in [-0.15, -0.1) is 0 Å². The molecule has 1 N–H and O–H groups in total. The Morgan fingerprint density at radius 3 is 2.56 bits per heavy atom. The molecule has 16 heavy (non-hydrogen) atoms. The lowest BCUT2D eigenvalue weighted by atomic mass is 10.1. The zero-order valence-electron chi connectivity index (χ0n) is 9.07. The van der Waals surface area contributed by atoms with E-state index in [0.717, 1.165) is 22.9 Å². The average Bonchev–Trinajstić information content (AvgIpc) is 3.10. The zero-order chi connectivity index (χ0) is 11.5. The minimum atomic E-state index is -0.342. The fourth-order valence-corrected chi connectivity index (χ4v) is 1.82. The van der Waals surface area contributed by atoms with Crippen molar-refractivity contribution in [1.29, 1.82) is 0 Å². The highest BCUT2D eigenvalue weighted by atomic mass is 79.9. The first-order chi connectivity index (χ1) is 7.70. The van der Waals surface area contributed by atoms with Gasteiger partial charge in [-0.05, 0) is 30.5 Å². The second kappa shape index (κ2) is 4.97. The monoisotopic (exact) mass is 283 g/mol. The molecule has 0 saturated heterocycles. The van der Waals surface area contributed by atoms with Crippen LogP contribution in [0.3, 0.4) is 0 Å². The number of methoxy groups -OCH3 is 1. The van der Waals surface area contributed by atoms with E-state index in [2.05, 4.69) is 21.2 Å². The van der Waals surface area contributed by atoms with Gasteiger partial charge in [-0.3, -0.25) is 5.32 Å². The van der Waals surface area contributed by atoms with Crippen LogP contribution in [0.15, 0.2) is 28.7 Å². The summed E-state index contributed by atoms with van der Waals surface area (Å²) in [6.45, 7) is 0. The van der Waals surface area contributed by atoms with Gasteiger partial charge in [0.05, 0.1) is 7.11 Å². The average molecular weight is 284 g/mol. The van der Waals surface area contributed by atoms with Crippen molar-refractivity contribution in [2.24, 2.45) is 0 Å². The first kappa shape index (κ1) is 11.6. The van der Waals surface area contributed by atoms with Crippen molar-refractivity contribution in [3.8, 4) is 0 Å². The molecule has 86 valence electrons. The van der Waals surface area contributed by atoms with Crippen molar-refractivity contribution >= 4 is 21.9 Å². The Hall–Kier alpha value is -0.870. The third-order valence-corrected chi connectivity index (χ3v) is 3.15. The van der Waals surface area contributed by atoms with E-state index in [1.165, 1.54) is 7.11 Å². The third-order valence-electron chi connectivity index (χ3n) is 2.62. The van der Waals surface area contributed by atoms with E-state index in [4.69, 9.17) is 4.74 Å². The smallest absolute Gasteiger partial charge is 0.327 e. The molecular weight excluding hydrogens is 270 g/mol. The standard InChI is InChI=1S/C12H14BrNO2/c1-16-12(15)11(14-10-6-7-10)8-2-4-9(13)5-3-8/h2-5,10-11,14H,6-7H2,1H3. The first-order valence-electron chi connectivity index (χ1n) is 5.30. The normalized spacial score (nSPS) is 16.9. The Morgan fingerprint density at radius 1 is 1.44 bits per heavy atom. The highest BCUT2D eigenvalue weighted by molar-refractivity contribution is 9.10. The van der Waals surface area contributed by atoms with Gasteiger partial charge in [0, 0.05) is 10.5 Å². The van der Waals surface area contributed by atoms with Crippen LogP contribution in [0.2, 0.25) is 0 Å². The molecule has 0 amide bonds. The first-order valence-corrected chi connectivity index (χ1v) is 6.09. The number of halogens is 1. The Labute approximate surface area is 103 Å². The summed E-state index contributed by atoms with van der Waals surface area (Å²) in [5.41, 5.74) is 0.946. The molecule has 1 aromatic rings. The molecule has 1 aliphatic rings. The number of carbonyl (C=O) groups is 1. The summed E-state index contributed by atoms with van der Waals surface area (Å²) >= 11 is 3.38. The summed E-state index contributed by atoms with van der Waals surface area (Å²) in [4.78, 5) is 11.7. The molecule has 3 nitrogen and oxygen atoms in total. The maximum Gasteiger partial charge on any atom is 0.327 e. The minimum Gasteiger partial charge on any atom is -0.468 e. The summed E-state index contributed by atoms with van der Waals surface area (Å²) < 4.78 is 5.82. The highest BCUT2D eigenvalue weighted by Gasteiger charge is 2.29. The molecule has 1 fully saturated rings.